The number of ether oxygens (including phenoxy) is 1. The van der Waals surface area contributed by atoms with Crippen LogP contribution in [0.2, 0.25) is 5.02 Å². The van der Waals surface area contributed by atoms with Gasteiger partial charge in [-0.2, -0.15) is 0 Å². The largest absolute Gasteiger partial charge is 0.439 e. The number of hydrogen-bond acceptors (Lipinski definition) is 3. The Bertz CT molecular complexity index is 599. The molecule has 0 aliphatic rings. The smallest absolute Gasteiger partial charge is 0.219 e. The number of benzene rings is 1. The van der Waals surface area contributed by atoms with Crippen molar-refractivity contribution in [3.05, 3.63) is 52.7 Å². The van der Waals surface area contributed by atoms with E-state index < -0.39 is 0 Å². The van der Waals surface area contributed by atoms with E-state index in [4.69, 9.17) is 16.3 Å². The van der Waals surface area contributed by atoms with Crippen molar-refractivity contribution in [1.29, 1.82) is 0 Å². The first-order valence-electron chi connectivity index (χ1n) is 7.16. The third-order valence-electron chi connectivity index (χ3n) is 3.05. The maximum atomic E-state index is 6.19. The van der Waals surface area contributed by atoms with Crippen molar-refractivity contribution in [2.24, 2.45) is 5.92 Å². The van der Waals surface area contributed by atoms with Crippen LogP contribution >= 0.6 is 11.6 Å². The zero-order valence-corrected chi connectivity index (χ0v) is 13.4. The van der Waals surface area contributed by atoms with Crippen LogP contribution in [0.4, 0.5) is 0 Å². The molecule has 0 aliphatic heterocycles. The van der Waals surface area contributed by atoms with Gasteiger partial charge in [-0.1, -0.05) is 43.6 Å². The number of halogens is 1. The molecule has 4 heteroatoms. The van der Waals surface area contributed by atoms with Crippen LogP contribution in [0.1, 0.15) is 25.1 Å². The van der Waals surface area contributed by atoms with E-state index in [9.17, 15) is 0 Å². The molecule has 3 nitrogen and oxygen atoms in total. The topological polar surface area (TPSA) is 34.1 Å². The quantitative estimate of drug-likeness (QED) is 0.848. The van der Waals surface area contributed by atoms with Crippen LogP contribution in [-0.2, 0) is 6.54 Å². The Morgan fingerprint density at radius 3 is 2.67 bits per heavy atom. The summed E-state index contributed by atoms with van der Waals surface area (Å²) in [6, 6.07) is 11.5. The summed E-state index contributed by atoms with van der Waals surface area (Å²) in [4.78, 5) is 4.49. The molecule has 0 radical (unpaired) electrons. The first-order valence-corrected chi connectivity index (χ1v) is 7.53. The molecule has 0 saturated carbocycles. The molecular weight excluding hydrogens is 284 g/mol. The number of aryl methyl sites for hydroxylation is 1. The summed E-state index contributed by atoms with van der Waals surface area (Å²) in [7, 11) is 0. The maximum Gasteiger partial charge on any atom is 0.219 e. The van der Waals surface area contributed by atoms with Gasteiger partial charge in [-0.25, -0.2) is 4.98 Å². The normalized spacial score (nSPS) is 10.9. The van der Waals surface area contributed by atoms with Crippen molar-refractivity contribution < 1.29 is 4.74 Å². The van der Waals surface area contributed by atoms with Crippen molar-refractivity contribution in [3.63, 3.8) is 0 Å². The monoisotopic (exact) mass is 304 g/mol. The van der Waals surface area contributed by atoms with Gasteiger partial charge in [0.05, 0.1) is 10.7 Å². The van der Waals surface area contributed by atoms with E-state index in [0.29, 0.717) is 23.4 Å². The summed E-state index contributed by atoms with van der Waals surface area (Å²) in [5.41, 5.74) is 1.89. The maximum absolute atomic E-state index is 6.19. The zero-order valence-electron chi connectivity index (χ0n) is 12.7. The van der Waals surface area contributed by atoms with Crippen molar-refractivity contribution >= 4 is 11.6 Å². The molecule has 21 heavy (non-hydrogen) atoms. The summed E-state index contributed by atoms with van der Waals surface area (Å²) in [6.45, 7) is 7.92. The Morgan fingerprint density at radius 2 is 1.95 bits per heavy atom. The standard InChI is InChI=1S/C17H21ClN2O/c1-12(2)10-19-11-15-14(18)8-9-17(20-15)21-16-7-5-4-6-13(16)3/h4-9,12,19H,10-11H2,1-3H3. The Labute approximate surface area is 131 Å². The molecule has 0 aliphatic carbocycles. The highest BCUT2D eigenvalue weighted by Gasteiger charge is 2.07. The predicted molar refractivity (Wildman–Crippen MR) is 87.0 cm³/mol. The van der Waals surface area contributed by atoms with Gasteiger partial charge < -0.3 is 10.1 Å². The molecule has 1 heterocycles. The Kier molecular flexibility index (Phi) is 5.59. The predicted octanol–water partition coefficient (Wildman–Crippen LogP) is 4.58. The Balaban J connectivity index is 2.09. The SMILES string of the molecule is Cc1ccccc1Oc1ccc(Cl)c(CNCC(C)C)n1. The summed E-state index contributed by atoms with van der Waals surface area (Å²) in [5, 5.41) is 4.00. The fraction of sp³-hybridized carbons (Fsp3) is 0.353. The number of nitrogens with zero attached hydrogens (tertiary/aromatic N) is 1. The number of rotatable bonds is 6. The number of nitrogens with one attached hydrogen (secondary N) is 1. The lowest BCUT2D eigenvalue weighted by Gasteiger charge is -2.11. The molecule has 0 bridgehead atoms. The molecule has 2 rings (SSSR count). The summed E-state index contributed by atoms with van der Waals surface area (Å²) in [6.07, 6.45) is 0. The summed E-state index contributed by atoms with van der Waals surface area (Å²) in [5.74, 6) is 1.97. The van der Waals surface area contributed by atoms with Gasteiger partial charge in [0, 0.05) is 12.6 Å². The Hall–Kier alpha value is -1.58. The minimum Gasteiger partial charge on any atom is -0.439 e. The molecule has 112 valence electrons. The summed E-state index contributed by atoms with van der Waals surface area (Å²) >= 11 is 6.19. The molecular formula is C17H21ClN2O. The average molecular weight is 305 g/mol. The van der Waals surface area contributed by atoms with E-state index in [0.717, 1.165) is 23.6 Å². The lowest BCUT2D eigenvalue weighted by Crippen LogP contribution is -2.19. The Morgan fingerprint density at radius 1 is 1.19 bits per heavy atom. The highest BCUT2D eigenvalue weighted by molar-refractivity contribution is 6.31. The minimum atomic E-state index is 0.565. The van der Waals surface area contributed by atoms with Crippen molar-refractivity contribution in [3.8, 4) is 11.6 Å². The van der Waals surface area contributed by atoms with Crippen molar-refractivity contribution in [2.45, 2.75) is 27.3 Å². The van der Waals surface area contributed by atoms with Gasteiger partial charge in [0.1, 0.15) is 5.75 Å². The van der Waals surface area contributed by atoms with Gasteiger partial charge in [-0.15, -0.1) is 0 Å². The highest BCUT2D eigenvalue weighted by atomic mass is 35.5. The van der Waals surface area contributed by atoms with Gasteiger partial charge in [0.2, 0.25) is 5.88 Å². The van der Waals surface area contributed by atoms with E-state index >= 15 is 0 Å². The molecule has 0 unspecified atom stereocenters. The van der Waals surface area contributed by atoms with E-state index in [1.54, 1.807) is 6.07 Å². The van der Waals surface area contributed by atoms with E-state index in [-0.39, 0.29) is 0 Å². The van der Waals surface area contributed by atoms with Crippen LogP contribution in [0, 0.1) is 12.8 Å². The summed E-state index contributed by atoms with van der Waals surface area (Å²) < 4.78 is 5.83. The third kappa shape index (κ3) is 4.73. The van der Waals surface area contributed by atoms with E-state index in [2.05, 4.69) is 24.1 Å². The molecule has 0 fully saturated rings. The molecule has 1 N–H and O–H groups in total. The van der Waals surface area contributed by atoms with Crippen LogP contribution < -0.4 is 10.1 Å². The number of pyridine rings is 1. The van der Waals surface area contributed by atoms with Crippen molar-refractivity contribution in [2.75, 3.05) is 6.54 Å². The first-order chi connectivity index (χ1) is 10.1. The van der Waals surface area contributed by atoms with Crippen LogP contribution in [0.3, 0.4) is 0 Å². The highest BCUT2D eigenvalue weighted by Crippen LogP contribution is 2.25. The second kappa shape index (κ2) is 7.43. The molecule has 0 spiro atoms. The van der Waals surface area contributed by atoms with Gasteiger partial charge in [-0.3, -0.25) is 0 Å². The molecule has 1 aromatic carbocycles. The second-order valence-corrected chi connectivity index (χ2v) is 5.88. The van der Waals surface area contributed by atoms with Crippen LogP contribution in [-0.4, -0.2) is 11.5 Å². The molecule has 0 saturated heterocycles. The second-order valence-electron chi connectivity index (χ2n) is 5.47. The van der Waals surface area contributed by atoms with E-state index in [1.807, 2.05) is 37.3 Å². The van der Waals surface area contributed by atoms with Gasteiger partial charge in [0.25, 0.3) is 0 Å². The van der Waals surface area contributed by atoms with Crippen molar-refractivity contribution in [1.82, 2.24) is 10.3 Å². The van der Waals surface area contributed by atoms with Crippen LogP contribution in [0.15, 0.2) is 36.4 Å². The lowest BCUT2D eigenvalue weighted by atomic mass is 10.2. The fourth-order valence-corrected chi connectivity index (χ4v) is 2.08. The molecule has 0 amide bonds. The van der Waals surface area contributed by atoms with Gasteiger partial charge in [-0.05, 0) is 37.1 Å². The minimum absolute atomic E-state index is 0.565. The molecule has 2 aromatic rings. The fourth-order valence-electron chi connectivity index (χ4n) is 1.91. The number of aromatic nitrogens is 1. The zero-order chi connectivity index (χ0) is 15.2. The first kappa shape index (κ1) is 15.8. The average Bonchev–Trinajstić information content (AvgIpc) is 2.44. The number of hydrogen-bond donors (Lipinski definition) is 1. The molecule has 1 aromatic heterocycles. The third-order valence-corrected chi connectivity index (χ3v) is 3.39. The lowest BCUT2D eigenvalue weighted by molar-refractivity contribution is 0.455. The van der Waals surface area contributed by atoms with Crippen LogP contribution in [0.25, 0.3) is 0 Å². The van der Waals surface area contributed by atoms with Gasteiger partial charge >= 0.3 is 0 Å². The van der Waals surface area contributed by atoms with E-state index in [1.165, 1.54) is 0 Å². The molecule has 0 atom stereocenters. The number of para-hydroxylation sites is 1. The van der Waals surface area contributed by atoms with Gasteiger partial charge in [0.15, 0.2) is 0 Å². The van der Waals surface area contributed by atoms with Crippen LogP contribution in [0.5, 0.6) is 11.6 Å².